The molecule has 4 rings (SSSR count). The van der Waals surface area contributed by atoms with Gasteiger partial charge in [-0.05, 0) is 29.9 Å². The zero-order chi connectivity index (χ0) is 17.0. The lowest BCUT2D eigenvalue weighted by Gasteiger charge is -2.52. The lowest BCUT2D eigenvalue weighted by atomic mass is 9.70. The average molecular weight is 337 g/mol. The Morgan fingerprint density at radius 2 is 1.64 bits per heavy atom. The van der Waals surface area contributed by atoms with Gasteiger partial charge in [0.05, 0.1) is 25.4 Å². The number of morpholine rings is 1. The van der Waals surface area contributed by atoms with Crippen LogP contribution in [0.1, 0.15) is 24.0 Å². The van der Waals surface area contributed by atoms with Gasteiger partial charge in [-0.1, -0.05) is 60.7 Å². The number of hydrogen-bond donors (Lipinski definition) is 0. The molecule has 132 valence electrons. The summed E-state index contributed by atoms with van der Waals surface area (Å²) in [7, 11) is 0. The van der Waals surface area contributed by atoms with Crippen molar-refractivity contribution in [2.45, 2.75) is 31.6 Å². The Morgan fingerprint density at radius 1 is 0.960 bits per heavy atom. The molecule has 1 aliphatic heterocycles. The highest BCUT2D eigenvalue weighted by atomic mass is 16.5. The highest BCUT2D eigenvalue weighted by Crippen LogP contribution is 2.43. The minimum atomic E-state index is 0.0772. The van der Waals surface area contributed by atoms with E-state index in [0.29, 0.717) is 12.5 Å². The molecular formula is C22H27NO2. The predicted octanol–water partition coefficient (Wildman–Crippen LogP) is 3.88. The Kier molecular flexibility index (Phi) is 5.16. The summed E-state index contributed by atoms with van der Waals surface area (Å²) < 4.78 is 12.1. The molecule has 0 bridgehead atoms. The van der Waals surface area contributed by atoms with Crippen LogP contribution in [0.15, 0.2) is 60.7 Å². The SMILES string of the molecule is c1ccc(COCC2CC3(C2)CN(Cc2ccccc2)CCO3)cc1. The number of hydrogen-bond acceptors (Lipinski definition) is 3. The maximum Gasteiger partial charge on any atom is 0.0816 e. The quantitative estimate of drug-likeness (QED) is 0.798. The van der Waals surface area contributed by atoms with Gasteiger partial charge in [0.1, 0.15) is 0 Å². The standard InChI is InChI=1S/C22H27NO2/c1-3-7-19(8-4-1)15-23-11-12-25-22(18-23)13-21(14-22)17-24-16-20-9-5-2-6-10-20/h1-10,21H,11-18H2. The molecule has 1 saturated heterocycles. The maximum atomic E-state index is 6.17. The number of benzene rings is 2. The fourth-order valence-electron chi connectivity index (χ4n) is 4.17. The van der Waals surface area contributed by atoms with E-state index in [1.165, 1.54) is 11.1 Å². The molecule has 2 aromatic carbocycles. The molecule has 0 radical (unpaired) electrons. The fraction of sp³-hybridized carbons (Fsp3) is 0.455. The van der Waals surface area contributed by atoms with Crippen LogP contribution in [-0.2, 0) is 22.6 Å². The smallest absolute Gasteiger partial charge is 0.0816 e. The van der Waals surface area contributed by atoms with Crippen molar-refractivity contribution in [1.82, 2.24) is 4.90 Å². The molecule has 1 spiro atoms. The van der Waals surface area contributed by atoms with Gasteiger partial charge in [-0.25, -0.2) is 0 Å². The summed E-state index contributed by atoms with van der Waals surface area (Å²) in [5.74, 6) is 0.639. The van der Waals surface area contributed by atoms with E-state index in [-0.39, 0.29) is 5.60 Å². The molecule has 25 heavy (non-hydrogen) atoms. The van der Waals surface area contributed by atoms with Gasteiger partial charge >= 0.3 is 0 Å². The van der Waals surface area contributed by atoms with E-state index in [0.717, 1.165) is 45.7 Å². The summed E-state index contributed by atoms with van der Waals surface area (Å²) in [6, 6.07) is 21.2. The number of nitrogens with zero attached hydrogens (tertiary/aromatic N) is 1. The molecule has 2 aliphatic rings. The van der Waals surface area contributed by atoms with Crippen molar-refractivity contribution in [3.05, 3.63) is 71.8 Å². The molecule has 2 fully saturated rings. The van der Waals surface area contributed by atoms with E-state index >= 15 is 0 Å². The Hall–Kier alpha value is -1.68. The molecule has 0 atom stereocenters. The minimum Gasteiger partial charge on any atom is -0.376 e. The number of rotatable bonds is 6. The topological polar surface area (TPSA) is 21.7 Å². The summed E-state index contributed by atoms with van der Waals surface area (Å²) >= 11 is 0. The zero-order valence-electron chi connectivity index (χ0n) is 14.8. The van der Waals surface area contributed by atoms with E-state index in [1.54, 1.807) is 0 Å². The lowest BCUT2D eigenvalue weighted by Crippen LogP contribution is -2.59. The molecule has 2 aromatic rings. The molecule has 3 nitrogen and oxygen atoms in total. The third kappa shape index (κ3) is 4.30. The van der Waals surface area contributed by atoms with Crippen molar-refractivity contribution in [3.8, 4) is 0 Å². The molecule has 0 amide bonds. The van der Waals surface area contributed by atoms with Crippen LogP contribution in [0, 0.1) is 5.92 Å². The van der Waals surface area contributed by atoms with Crippen molar-refractivity contribution in [3.63, 3.8) is 0 Å². The Labute approximate surface area is 150 Å². The largest absolute Gasteiger partial charge is 0.376 e. The highest BCUT2D eigenvalue weighted by molar-refractivity contribution is 5.15. The second kappa shape index (κ2) is 7.69. The zero-order valence-corrected chi connectivity index (χ0v) is 14.8. The third-order valence-electron chi connectivity index (χ3n) is 5.36. The van der Waals surface area contributed by atoms with Crippen molar-refractivity contribution < 1.29 is 9.47 Å². The molecule has 1 saturated carbocycles. The maximum absolute atomic E-state index is 6.17. The summed E-state index contributed by atoms with van der Waals surface area (Å²) in [5, 5.41) is 0. The predicted molar refractivity (Wildman–Crippen MR) is 99.2 cm³/mol. The normalized spacial score (nSPS) is 26.5. The van der Waals surface area contributed by atoms with Crippen LogP contribution < -0.4 is 0 Å². The molecule has 1 aliphatic carbocycles. The Balaban J connectivity index is 1.21. The second-order valence-corrected chi connectivity index (χ2v) is 7.50. The molecule has 0 N–H and O–H groups in total. The van der Waals surface area contributed by atoms with Gasteiger partial charge in [-0.2, -0.15) is 0 Å². The fourth-order valence-corrected chi connectivity index (χ4v) is 4.17. The summed E-state index contributed by atoms with van der Waals surface area (Å²) in [5.41, 5.74) is 2.72. The van der Waals surface area contributed by atoms with E-state index in [4.69, 9.17) is 9.47 Å². The van der Waals surface area contributed by atoms with Crippen molar-refractivity contribution in [2.24, 2.45) is 5.92 Å². The van der Waals surface area contributed by atoms with Gasteiger partial charge in [0.15, 0.2) is 0 Å². The van der Waals surface area contributed by atoms with E-state index in [9.17, 15) is 0 Å². The lowest BCUT2D eigenvalue weighted by molar-refractivity contribution is -0.184. The van der Waals surface area contributed by atoms with Crippen LogP contribution in [0.2, 0.25) is 0 Å². The van der Waals surface area contributed by atoms with Gasteiger partial charge in [-0.3, -0.25) is 4.90 Å². The van der Waals surface area contributed by atoms with Gasteiger partial charge < -0.3 is 9.47 Å². The Morgan fingerprint density at radius 3 is 2.36 bits per heavy atom. The van der Waals surface area contributed by atoms with Crippen LogP contribution in [0.4, 0.5) is 0 Å². The van der Waals surface area contributed by atoms with Crippen LogP contribution in [0.3, 0.4) is 0 Å². The van der Waals surface area contributed by atoms with Crippen LogP contribution >= 0.6 is 0 Å². The third-order valence-corrected chi connectivity index (χ3v) is 5.36. The van der Waals surface area contributed by atoms with Crippen molar-refractivity contribution in [2.75, 3.05) is 26.3 Å². The van der Waals surface area contributed by atoms with E-state index < -0.39 is 0 Å². The Bertz CT molecular complexity index is 652. The van der Waals surface area contributed by atoms with Crippen LogP contribution in [0.25, 0.3) is 0 Å². The van der Waals surface area contributed by atoms with Crippen molar-refractivity contribution >= 4 is 0 Å². The van der Waals surface area contributed by atoms with Gasteiger partial charge in [0, 0.05) is 19.6 Å². The minimum absolute atomic E-state index is 0.0772. The van der Waals surface area contributed by atoms with Gasteiger partial charge in [0.2, 0.25) is 0 Å². The van der Waals surface area contributed by atoms with Crippen LogP contribution in [-0.4, -0.2) is 36.8 Å². The van der Waals surface area contributed by atoms with Gasteiger partial charge in [-0.15, -0.1) is 0 Å². The van der Waals surface area contributed by atoms with Gasteiger partial charge in [0.25, 0.3) is 0 Å². The first-order valence-electron chi connectivity index (χ1n) is 9.33. The molecule has 0 aromatic heterocycles. The first kappa shape index (κ1) is 16.8. The van der Waals surface area contributed by atoms with E-state index in [2.05, 4.69) is 59.5 Å². The van der Waals surface area contributed by atoms with Crippen molar-refractivity contribution in [1.29, 1.82) is 0 Å². The first-order valence-corrected chi connectivity index (χ1v) is 9.33. The first-order chi connectivity index (χ1) is 12.3. The molecule has 3 heteroatoms. The van der Waals surface area contributed by atoms with E-state index in [1.807, 2.05) is 6.07 Å². The average Bonchev–Trinajstić information content (AvgIpc) is 2.62. The highest BCUT2D eigenvalue weighted by Gasteiger charge is 2.47. The molecular weight excluding hydrogens is 310 g/mol. The number of ether oxygens (including phenoxy) is 2. The summed E-state index contributed by atoms with van der Waals surface area (Å²) in [6.07, 6.45) is 2.26. The second-order valence-electron chi connectivity index (χ2n) is 7.50. The summed E-state index contributed by atoms with van der Waals surface area (Å²) in [6.45, 7) is 5.53. The summed E-state index contributed by atoms with van der Waals surface area (Å²) in [4.78, 5) is 2.54. The molecule has 0 unspecified atom stereocenters. The van der Waals surface area contributed by atoms with Crippen LogP contribution in [0.5, 0.6) is 0 Å². The monoisotopic (exact) mass is 337 g/mol. The molecule has 1 heterocycles.